The number of fused-ring (bicyclic) bond motifs is 1. The Morgan fingerprint density at radius 3 is 2.58 bits per heavy atom. The predicted octanol–water partition coefficient (Wildman–Crippen LogP) is 5.03. The molecule has 3 aromatic carbocycles. The Bertz CT molecular complexity index is 1290. The summed E-state index contributed by atoms with van der Waals surface area (Å²) < 4.78 is 5.44. The van der Waals surface area contributed by atoms with Gasteiger partial charge in [-0.1, -0.05) is 30.3 Å². The van der Waals surface area contributed by atoms with Crippen LogP contribution in [-0.2, 0) is 6.42 Å². The molecule has 1 aliphatic heterocycles. The minimum absolute atomic E-state index is 0.0480. The summed E-state index contributed by atoms with van der Waals surface area (Å²) >= 11 is 0. The third kappa shape index (κ3) is 4.52. The van der Waals surface area contributed by atoms with Crippen LogP contribution >= 0.6 is 0 Å². The summed E-state index contributed by atoms with van der Waals surface area (Å²) in [5, 5.41) is 13.6. The Morgan fingerprint density at radius 1 is 1.00 bits per heavy atom. The predicted molar refractivity (Wildman–Crippen MR) is 129 cm³/mol. The molecule has 33 heavy (non-hydrogen) atoms. The van der Waals surface area contributed by atoms with Crippen LogP contribution in [0.4, 0.5) is 5.69 Å². The molecular weight excluding hydrogens is 410 g/mol. The average Bonchev–Trinajstić information content (AvgIpc) is 3.51. The van der Waals surface area contributed by atoms with E-state index >= 15 is 0 Å². The highest BCUT2D eigenvalue weighted by Gasteiger charge is 2.31. The number of nitrogens with one attached hydrogen (secondary N) is 1. The summed E-state index contributed by atoms with van der Waals surface area (Å²) in [7, 11) is 0. The number of carbonyl (C=O) groups excluding carboxylic acids is 1. The van der Waals surface area contributed by atoms with Crippen molar-refractivity contribution in [1.29, 1.82) is 5.26 Å². The van der Waals surface area contributed by atoms with Crippen LogP contribution in [0.1, 0.15) is 21.5 Å². The first-order valence-electron chi connectivity index (χ1n) is 11.3. The fourth-order valence-electron chi connectivity index (χ4n) is 4.67. The molecule has 2 heterocycles. The number of anilines is 1. The van der Waals surface area contributed by atoms with Crippen LogP contribution in [-0.4, -0.2) is 25.5 Å². The highest BCUT2D eigenvalue weighted by Crippen LogP contribution is 2.27. The van der Waals surface area contributed by atoms with Gasteiger partial charge in [-0.25, -0.2) is 0 Å². The standard InChI is InChI=1S/C28H25N3O2/c29-16-21-6-9-26(10-7-21)31(28(32)23-8-11-27-22(15-23)12-13-33-27)19-25-18-30-17-24(25)14-20-4-2-1-3-5-20/h1-13,15,24-25,30H,14,17-19H2/t24-,25+/m0/s1. The van der Waals surface area contributed by atoms with Crippen LogP contribution in [0.5, 0.6) is 0 Å². The van der Waals surface area contributed by atoms with Crippen LogP contribution in [0.3, 0.4) is 0 Å². The lowest BCUT2D eigenvalue weighted by Gasteiger charge is -2.29. The van der Waals surface area contributed by atoms with Gasteiger partial charge in [-0.3, -0.25) is 4.79 Å². The van der Waals surface area contributed by atoms with E-state index in [1.54, 1.807) is 18.4 Å². The average molecular weight is 436 g/mol. The third-order valence-electron chi connectivity index (χ3n) is 6.49. The first kappa shape index (κ1) is 21.0. The van der Waals surface area contributed by atoms with E-state index in [2.05, 4.69) is 35.7 Å². The fourth-order valence-corrected chi connectivity index (χ4v) is 4.67. The maximum atomic E-state index is 13.7. The van der Waals surface area contributed by atoms with Crippen molar-refractivity contribution in [1.82, 2.24) is 5.32 Å². The number of nitrogens with zero attached hydrogens (tertiary/aromatic N) is 2. The minimum atomic E-state index is -0.0480. The Kier molecular flexibility index (Phi) is 5.93. The molecule has 1 aromatic heterocycles. The number of carbonyl (C=O) groups is 1. The largest absolute Gasteiger partial charge is 0.464 e. The zero-order chi connectivity index (χ0) is 22.6. The van der Waals surface area contributed by atoms with Gasteiger partial charge in [0, 0.05) is 23.2 Å². The molecule has 2 atom stereocenters. The van der Waals surface area contributed by atoms with E-state index in [4.69, 9.17) is 4.42 Å². The number of furan rings is 1. The van der Waals surface area contributed by atoms with Gasteiger partial charge >= 0.3 is 0 Å². The van der Waals surface area contributed by atoms with Gasteiger partial charge in [-0.15, -0.1) is 0 Å². The van der Waals surface area contributed by atoms with Crippen molar-refractivity contribution in [3.63, 3.8) is 0 Å². The number of hydrogen-bond acceptors (Lipinski definition) is 4. The molecule has 1 N–H and O–H groups in total. The van der Waals surface area contributed by atoms with Crippen LogP contribution in [0.2, 0.25) is 0 Å². The highest BCUT2D eigenvalue weighted by molar-refractivity contribution is 6.07. The summed E-state index contributed by atoms with van der Waals surface area (Å²) in [6.45, 7) is 2.42. The van der Waals surface area contributed by atoms with Gasteiger partial charge in [-0.2, -0.15) is 5.26 Å². The van der Waals surface area contributed by atoms with Crippen molar-refractivity contribution in [2.45, 2.75) is 6.42 Å². The Hall–Kier alpha value is -3.88. The molecule has 0 spiro atoms. The van der Waals surface area contributed by atoms with Crippen molar-refractivity contribution < 1.29 is 9.21 Å². The lowest BCUT2D eigenvalue weighted by Crippen LogP contribution is -2.38. The van der Waals surface area contributed by atoms with Gasteiger partial charge in [-0.05, 0) is 85.4 Å². The normalized spacial score (nSPS) is 17.7. The lowest BCUT2D eigenvalue weighted by atomic mass is 9.89. The molecule has 0 unspecified atom stereocenters. The summed E-state index contributed by atoms with van der Waals surface area (Å²) in [5.41, 5.74) is 4.09. The molecule has 5 heteroatoms. The van der Waals surface area contributed by atoms with Gasteiger partial charge in [0.25, 0.3) is 5.91 Å². The smallest absolute Gasteiger partial charge is 0.258 e. The maximum absolute atomic E-state index is 13.7. The van der Waals surface area contributed by atoms with Crippen LogP contribution < -0.4 is 10.2 Å². The second-order valence-corrected chi connectivity index (χ2v) is 8.62. The van der Waals surface area contributed by atoms with E-state index < -0.39 is 0 Å². The van der Waals surface area contributed by atoms with E-state index in [0.29, 0.717) is 29.5 Å². The number of rotatable bonds is 6. The Morgan fingerprint density at radius 2 is 1.79 bits per heavy atom. The van der Waals surface area contributed by atoms with Gasteiger partial charge < -0.3 is 14.6 Å². The van der Waals surface area contributed by atoms with Gasteiger partial charge in [0.1, 0.15) is 5.58 Å². The molecule has 1 fully saturated rings. The summed E-state index contributed by atoms with van der Waals surface area (Å²) in [4.78, 5) is 15.6. The number of amides is 1. The zero-order valence-electron chi connectivity index (χ0n) is 18.3. The maximum Gasteiger partial charge on any atom is 0.258 e. The van der Waals surface area contributed by atoms with Gasteiger partial charge in [0.05, 0.1) is 17.9 Å². The number of benzene rings is 3. The lowest BCUT2D eigenvalue weighted by molar-refractivity contribution is 0.0981. The van der Waals surface area contributed by atoms with E-state index in [0.717, 1.165) is 36.2 Å². The van der Waals surface area contributed by atoms with E-state index in [-0.39, 0.29) is 5.91 Å². The summed E-state index contributed by atoms with van der Waals surface area (Å²) in [5.74, 6) is 0.716. The monoisotopic (exact) mass is 435 g/mol. The third-order valence-corrected chi connectivity index (χ3v) is 6.49. The van der Waals surface area contributed by atoms with E-state index in [1.807, 2.05) is 47.4 Å². The first-order valence-corrected chi connectivity index (χ1v) is 11.3. The van der Waals surface area contributed by atoms with Crippen molar-refractivity contribution in [2.24, 2.45) is 11.8 Å². The molecule has 0 aliphatic carbocycles. The number of nitriles is 1. The van der Waals surface area contributed by atoms with E-state index in [9.17, 15) is 10.1 Å². The topological polar surface area (TPSA) is 69.3 Å². The molecule has 164 valence electrons. The van der Waals surface area contributed by atoms with Crippen molar-refractivity contribution in [3.05, 3.63) is 102 Å². The van der Waals surface area contributed by atoms with Crippen LogP contribution in [0.15, 0.2) is 89.5 Å². The van der Waals surface area contributed by atoms with Crippen LogP contribution in [0.25, 0.3) is 11.0 Å². The number of hydrogen-bond donors (Lipinski definition) is 1. The SMILES string of the molecule is N#Cc1ccc(N(C[C@H]2CNC[C@@H]2Cc2ccccc2)C(=O)c2ccc3occc3c2)cc1. The van der Waals surface area contributed by atoms with E-state index in [1.165, 1.54) is 5.56 Å². The van der Waals surface area contributed by atoms with Crippen LogP contribution in [0, 0.1) is 23.2 Å². The van der Waals surface area contributed by atoms with Crippen molar-refractivity contribution in [2.75, 3.05) is 24.5 Å². The Labute approximate surface area is 193 Å². The molecule has 5 rings (SSSR count). The second-order valence-electron chi connectivity index (χ2n) is 8.62. The molecule has 0 bridgehead atoms. The Balaban J connectivity index is 1.44. The molecule has 1 saturated heterocycles. The molecule has 1 aliphatic rings. The highest BCUT2D eigenvalue weighted by atomic mass is 16.3. The quantitative estimate of drug-likeness (QED) is 0.461. The first-order chi connectivity index (χ1) is 16.2. The fraction of sp³-hybridized carbons (Fsp3) is 0.214. The van der Waals surface area contributed by atoms with Crippen molar-refractivity contribution in [3.8, 4) is 6.07 Å². The molecule has 5 nitrogen and oxygen atoms in total. The van der Waals surface area contributed by atoms with Gasteiger partial charge in [0.15, 0.2) is 0 Å². The molecule has 1 amide bonds. The van der Waals surface area contributed by atoms with Gasteiger partial charge in [0.2, 0.25) is 0 Å². The minimum Gasteiger partial charge on any atom is -0.464 e. The molecule has 4 aromatic rings. The second kappa shape index (κ2) is 9.32. The molecule has 0 saturated carbocycles. The molecule has 0 radical (unpaired) electrons. The molecular formula is C28H25N3O2. The zero-order valence-corrected chi connectivity index (χ0v) is 18.3. The summed E-state index contributed by atoms with van der Waals surface area (Å²) in [6.07, 6.45) is 2.62. The summed E-state index contributed by atoms with van der Waals surface area (Å²) in [6, 6.07) is 27.3. The van der Waals surface area contributed by atoms with Crippen molar-refractivity contribution >= 4 is 22.6 Å².